The average Bonchev–Trinajstić information content (AvgIpc) is 1.74. The van der Waals surface area contributed by atoms with Crippen molar-refractivity contribution in [2.45, 2.75) is 469 Å². The van der Waals surface area contributed by atoms with Crippen LogP contribution in [0.2, 0.25) is 0 Å². The molecule has 10 atom stereocenters. The molecule has 15 aliphatic rings. The largest absolute Gasteiger partial charge is 0.497 e. The number of thioether (sulfide) groups is 2. The summed E-state index contributed by atoms with van der Waals surface area (Å²) in [5, 5.41) is 4.31. The molecule has 15 rings (SSSR count). The first-order chi connectivity index (χ1) is 49.7. The van der Waals surface area contributed by atoms with Crippen LogP contribution in [0, 0.1) is 65.1 Å². The smallest absolute Gasteiger partial charge is 0.105 e. The van der Waals surface area contributed by atoms with Gasteiger partial charge in [-0.05, 0) is 206 Å². The normalized spacial score (nSPS) is 26.3. The van der Waals surface area contributed by atoms with E-state index in [1.165, 1.54) is 224 Å². The minimum Gasteiger partial charge on any atom is -0.497 e. The summed E-state index contributed by atoms with van der Waals surface area (Å²) in [5.41, 5.74) is 3.11. The van der Waals surface area contributed by atoms with Gasteiger partial charge < -0.3 is 9.47 Å². The Morgan fingerprint density at radius 3 is 1.03 bits per heavy atom. The van der Waals surface area contributed by atoms with Gasteiger partial charge in [-0.2, -0.15) is 0 Å². The minimum absolute atomic E-state index is 0.550. The number of rotatable bonds is 0. The molecule has 0 N–H and O–H groups in total. The van der Waals surface area contributed by atoms with Crippen LogP contribution >= 0.6 is 23.5 Å². The van der Waals surface area contributed by atoms with Crippen LogP contribution in [0.1, 0.15) is 447 Å². The maximum Gasteiger partial charge on any atom is 0.105 e. The number of fused-ring (bicyclic) bond motifs is 4. The fourth-order valence-corrected chi connectivity index (χ4v) is 16.3. The third kappa shape index (κ3) is 63.2. The van der Waals surface area contributed by atoms with Crippen molar-refractivity contribution in [1.29, 1.82) is 0 Å². The Morgan fingerprint density at radius 1 is 0.324 bits per heavy atom. The summed E-state index contributed by atoms with van der Waals surface area (Å²) < 4.78 is 11.1. The molecule has 0 aromatic rings. The van der Waals surface area contributed by atoms with E-state index in [0.29, 0.717) is 12.2 Å². The topological polar surface area (TPSA) is 18.5 Å². The Bertz CT molecular complexity index is 1790. The number of hydrogen-bond acceptors (Lipinski definition) is 4. The standard InChI is InChI=1S/2C9H14O.2C9H14S.C7H14.C7H12.C6H12.C6H10.C5H10.C5H8.C4H6.11C2H6/c1-7-6-10-9-5-3-2-4-8(7)9;1-7-6-8-4-2-3-5-9(8)10-7;1-7-6-10-9-5-3-2-4-8(7)9;1-7-6-8-4-2-3-5-9(8)10-7;2*1-7-5-3-2-4-6-7;2*1-6-4-2-3-5-6;2*1-5-3-2-4-5;1-4-2-3-4;11*1-2/h4*6,8-9H,2-5H2,1H3;7H,2-6H2,1H3;2-3,7H,4-6H2,1H3;6H,2-5H2,1H3;2-3,6H,4-5H2,1H3;5H,2-4H2,1H3;2-3,5H,4H2,1H3;2-4H,1H3;11*1-2H3. The zero-order chi connectivity index (χ0) is 79.3. The van der Waals surface area contributed by atoms with Gasteiger partial charge in [-0.15, -0.1) is 23.5 Å². The van der Waals surface area contributed by atoms with Gasteiger partial charge in [0.1, 0.15) is 12.2 Å². The van der Waals surface area contributed by atoms with Crippen LogP contribution < -0.4 is 0 Å². The molecule has 2 nitrogen and oxygen atoms in total. The van der Waals surface area contributed by atoms with E-state index in [-0.39, 0.29) is 0 Å². The van der Waals surface area contributed by atoms with E-state index in [4.69, 9.17) is 9.47 Å². The van der Waals surface area contributed by atoms with Crippen molar-refractivity contribution in [1.82, 2.24) is 0 Å². The Balaban J connectivity index is -0.000000191. The Morgan fingerprint density at radius 2 is 0.706 bits per heavy atom. The van der Waals surface area contributed by atoms with E-state index in [1.807, 2.05) is 159 Å². The SMILES string of the molecule is CC.CC.CC.CC.CC.CC.CC.CC.CC.CC.CC.CC1=CC2CCCCC2O1.CC1=CC2CCCCC2S1.CC1=COC2CCCCC12.CC1=CSC2CCCCC12.CC1C=C1.CC1C=CC1.CC1CC=CC1.CC1CC=CCC1.CC1CCC1.CC1CCCC1.CC1CCCCC1. The third-order valence-electron chi connectivity index (χ3n) is 19.8. The first kappa shape index (κ1) is 114. The summed E-state index contributed by atoms with van der Waals surface area (Å²) in [6, 6.07) is 0. The third-order valence-corrected chi connectivity index (χ3v) is 22.6. The number of hydrogen-bond donors (Lipinski definition) is 0. The zero-order valence-corrected chi connectivity index (χ0v) is 77.9. The Hall–Kier alpha value is -1.78. The molecule has 0 spiro atoms. The summed E-state index contributed by atoms with van der Waals surface area (Å²) in [6.07, 6.45) is 73.9. The first-order valence-corrected chi connectivity index (χ1v) is 47.5. The molecule has 0 aromatic carbocycles. The lowest BCUT2D eigenvalue weighted by atomic mass is 9.84. The molecule has 0 amide bonds. The van der Waals surface area contributed by atoms with Gasteiger partial charge in [0.25, 0.3) is 0 Å². The quantitative estimate of drug-likeness (QED) is 0.225. The molecule has 0 saturated heterocycles. The minimum atomic E-state index is 0.550. The Kier molecular flexibility index (Phi) is 96.2. The summed E-state index contributed by atoms with van der Waals surface area (Å²) in [6.45, 7) is 68.8. The van der Waals surface area contributed by atoms with Gasteiger partial charge in [-0.1, -0.05) is 377 Å². The molecule has 0 aromatic heterocycles. The molecule has 0 radical (unpaired) electrons. The lowest BCUT2D eigenvalue weighted by Crippen LogP contribution is -2.22. The van der Waals surface area contributed by atoms with Crippen LogP contribution in [0.25, 0.3) is 0 Å². The van der Waals surface area contributed by atoms with Gasteiger partial charge in [0, 0.05) is 22.3 Å². The molecule has 0 bridgehead atoms. The highest BCUT2D eigenvalue weighted by atomic mass is 32.2. The molecule has 610 valence electrons. The first-order valence-electron chi connectivity index (χ1n) is 45.7. The molecular weight excluding hydrogens is 1270 g/mol. The summed E-state index contributed by atoms with van der Waals surface area (Å²) in [5.74, 6) is 11.3. The van der Waals surface area contributed by atoms with Gasteiger partial charge in [-0.3, -0.25) is 0 Å². The van der Waals surface area contributed by atoms with Crippen molar-refractivity contribution in [3.05, 3.63) is 94.2 Å². The molecule has 4 heterocycles. The van der Waals surface area contributed by atoms with Crippen LogP contribution in [0.15, 0.2) is 94.2 Å². The van der Waals surface area contributed by atoms with E-state index < -0.39 is 0 Å². The second kappa shape index (κ2) is 86.5. The van der Waals surface area contributed by atoms with Gasteiger partial charge in [0.2, 0.25) is 0 Å². The summed E-state index contributed by atoms with van der Waals surface area (Å²) >= 11 is 4.18. The van der Waals surface area contributed by atoms with Crippen LogP contribution in [-0.4, -0.2) is 22.7 Å². The van der Waals surface area contributed by atoms with E-state index >= 15 is 0 Å². The van der Waals surface area contributed by atoms with Crippen LogP contribution in [0.3, 0.4) is 0 Å². The average molecular weight is 1470 g/mol. The van der Waals surface area contributed by atoms with E-state index in [2.05, 4.69) is 166 Å². The highest BCUT2D eigenvalue weighted by molar-refractivity contribution is 8.04. The maximum atomic E-state index is 5.63. The van der Waals surface area contributed by atoms with Crippen LogP contribution in [0.4, 0.5) is 0 Å². The van der Waals surface area contributed by atoms with E-state index in [1.54, 1.807) is 10.5 Å². The molecule has 102 heavy (non-hydrogen) atoms. The van der Waals surface area contributed by atoms with Gasteiger partial charge in [0.15, 0.2) is 0 Å². The van der Waals surface area contributed by atoms with Crippen molar-refractivity contribution in [3.8, 4) is 0 Å². The van der Waals surface area contributed by atoms with E-state index in [9.17, 15) is 0 Å². The highest BCUT2D eigenvalue weighted by Crippen LogP contribution is 2.45. The van der Waals surface area contributed by atoms with Crippen molar-refractivity contribution < 1.29 is 9.47 Å². The molecule has 7 fully saturated rings. The number of allylic oxidation sites excluding steroid dienone is 12. The molecule has 11 aliphatic carbocycles. The summed E-state index contributed by atoms with van der Waals surface area (Å²) in [4.78, 5) is 1.57. The molecule has 7 saturated carbocycles. The molecule has 4 aliphatic heterocycles. The lowest BCUT2D eigenvalue weighted by Gasteiger charge is -2.25. The predicted octanol–water partition coefficient (Wildman–Crippen LogP) is 36.3. The van der Waals surface area contributed by atoms with Gasteiger partial charge in [0.05, 0.1) is 12.0 Å². The van der Waals surface area contributed by atoms with Gasteiger partial charge in [-0.25, -0.2) is 0 Å². The van der Waals surface area contributed by atoms with Crippen molar-refractivity contribution in [2.24, 2.45) is 65.1 Å². The fourth-order valence-electron chi connectivity index (χ4n) is 13.5. The van der Waals surface area contributed by atoms with E-state index in [0.717, 1.165) is 81.4 Å². The maximum absolute atomic E-state index is 5.63. The van der Waals surface area contributed by atoms with Crippen LogP contribution in [0.5, 0.6) is 0 Å². The second-order valence-electron chi connectivity index (χ2n) is 28.1. The fraction of sp³-hybridized carbons (Fsp3) is 0.837. The monoisotopic (exact) mass is 1470 g/mol. The highest BCUT2D eigenvalue weighted by Gasteiger charge is 2.33. The van der Waals surface area contributed by atoms with Crippen molar-refractivity contribution >= 4 is 23.5 Å². The summed E-state index contributed by atoms with van der Waals surface area (Å²) in [7, 11) is 0. The van der Waals surface area contributed by atoms with Crippen molar-refractivity contribution in [2.75, 3.05) is 0 Å². The zero-order valence-electron chi connectivity index (χ0n) is 76.3. The molecule has 4 heteroatoms. The van der Waals surface area contributed by atoms with Gasteiger partial charge >= 0.3 is 0 Å². The van der Waals surface area contributed by atoms with Crippen LogP contribution in [-0.2, 0) is 9.47 Å². The lowest BCUT2D eigenvalue weighted by molar-refractivity contribution is 0.0836. The molecular formula is C98H194O2S2. The second-order valence-corrected chi connectivity index (χ2v) is 30.7. The predicted molar refractivity (Wildman–Crippen MR) is 484 cm³/mol. The van der Waals surface area contributed by atoms with Crippen molar-refractivity contribution in [3.63, 3.8) is 0 Å². The Labute approximate surface area is 657 Å². The molecule has 10 unspecified atom stereocenters. The number of ether oxygens (including phenoxy) is 2.